The normalized spacial score (nSPS) is 14.8. The molecule has 28 heavy (non-hydrogen) atoms. The SMILES string of the molecule is CCCC(CCO)CN=C(NCC)N1CCc2cc(OC)c(OC)cc2C1.I. The lowest BCUT2D eigenvalue weighted by Crippen LogP contribution is -2.44. The first-order valence-electron chi connectivity index (χ1n) is 10.0. The summed E-state index contributed by atoms with van der Waals surface area (Å²) in [6.45, 7) is 7.84. The minimum Gasteiger partial charge on any atom is -0.493 e. The third-order valence-electron chi connectivity index (χ3n) is 5.09. The number of aliphatic imine (C=N–C) groups is 1. The Hall–Kier alpha value is -1.22. The van der Waals surface area contributed by atoms with Gasteiger partial charge in [-0.15, -0.1) is 24.0 Å². The van der Waals surface area contributed by atoms with E-state index in [9.17, 15) is 5.11 Å². The molecule has 7 heteroatoms. The average Bonchev–Trinajstić information content (AvgIpc) is 2.69. The number of hydrogen-bond donors (Lipinski definition) is 2. The third-order valence-corrected chi connectivity index (χ3v) is 5.09. The molecule has 1 aromatic carbocycles. The van der Waals surface area contributed by atoms with Gasteiger partial charge in [0.1, 0.15) is 0 Å². The number of nitrogens with one attached hydrogen (secondary N) is 1. The van der Waals surface area contributed by atoms with E-state index in [0.717, 1.165) is 69.3 Å². The Morgan fingerprint density at radius 3 is 2.43 bits per heavy atom. The van der Waals surface area contributed by atoms with E-state index in [0.29, 0.717) is 5.92 Å². The highest BCUT2D eigenvalue weighted by Crippen LogP contribution is 2.33. The molecule has 0 fully saturated rings. The monoisotopic (exact) mass is 505 g/mol. The molecule has 1 aliphatic heterocycles. The second-order valence-electron chi connectivity index (χ2n) is 7.01. The van der Waals surface area contributed by atoms with E-state index >= 15 is 0 Å². The first-order valence-corrected chi connectivity index (χ1v) is 10.0. The van der Waals surface area contributed by atoms with Gasteiger partial charge in [0, 0.05) is 32.8 Å². The number of hydrogen-bond acceptors (Lipinski definition) is 4. The van der Waals surface area contributed by atoms with Crippen LogP contribution in [0.15, 0.2) is 17.1 Å². The van der Waals surface area contributed by atoms with Gasteiger partial charge >= 0.3 is 0 Å². The molecule has 0 amide bonds. The van der Waals surface area contributed by atoms with Crippen molar-refractivity contribution in [1.29, 1.82) is 0 Å². The predicted molar refractivity (Wildman–Crippen MR) is 125 cm³/mol. The summed E-state index contributed by atoms with van der Waals surface area (Å²) in [7, 11) is 3.35. The predicted octanol–water partition coefficient (Wildman–Crippen LogP) is 3.44. The van der Waals surface area contributed by atoms with Crippen molar-refractivity contribution in [3.63, 3.8) is 0 Å². The van der Waals surface area contributed by atoms with E-state index in [1.54, 1.807) is 14.2 Å². The van der Waals surface area contributed by atoms with Crippen LogP contribution in [0, 0.1) is 5.92 Å². The van der Waals surface area contributed by atoms with Gasteiger partial charge < -0.3 is 24.8 Å². The summed E-state index contributed by atoms with van der Waals surface area (Å²) in [6.07, 6.45) is 3.99. The Kier molecular flexibility index (Phi) is 11.6. The quantitative estimate of drug-likeness (QED) is 0.306. The maximum Gasteiger partial charge on any atom is 0.194 e. The largest absolute Gasteiger partial charge is 0.493 e. The van der Waals surface area contributed by atoms with Gasteiger partial charge in [-0.1, -0.05) is 13.3 Å². The van der Waals surface area contributed by atoms with Crippen molar-refractivity contribution in [2.24, 2.45) is 10.9 Å². The van der Waals surface area contributed by atoms with Crippen LogP contribution in [-0.4, -0.2) is 56.4 Å². The zero-order chi connectivity index (χ0) is 19.6. The summed E-state index contributed by atoms with van der Waals surface area (Å²) in [5.41, 5.74) is 2.56. The highest BCUT2D eigenvalue weighted by molar-refractivity contribution is 14.0. The van der Waals surface area contributed by atoms with E-state index in [2.05, 4.69) is 36.2 Å². The molecule has 2 rings (SSSR count). The molecule has 1 aliphatic rings. The summed E-state index contributed by atoms with van der Waals surface area (Å²) in [5.74, 6) is 2.95. The molecular formula is C21H36IN3O3. The molecule has 0 radical (unpaired) electrons. The number of halogens is 1. The van der Waals surface area contributed by atoms with Crippen LogP contribution < -0.4 is 14.8 Å². The van der Waals surface area contributed by atoms with Crippen LogP contribution in [0.25, 0.3) is 0 Å². The lowest BCUT2D eigenvalue weighted by Gasteiger charge is -2.32. The van der Waals surface area contributed by atoms with Gasteiger partial charge in [0.25, 0.3) is 0 Å². The fourth-order valence-electron chi connectivity index (χ4n) is 3.62. The van der Waals surface area contributed by atoms with Gasteiger partial charge in [-0.3, -0.25) is 4.99 Å². The molecule has 0 bridgehead atoms. The Balaban J connectivity index is 0.00000392. The number of methoxy groups -OCH3 is 2. The topological polar surface area (TPSA) is 66.3 Å². The van der Waals surface area contributed by atoms with Crippen LogP contribution in [0.2, 0.25) is 0 Å². The van der Waals surface area contributed by atoms with Crippen LogP contribution in [-0.2, 0) is 13.0 Å². The Bertz CT molecular complexity index is 619. The Labute approximate surface area is 186 Å². The zero-order valence-corrected chi connectivity index (χ0v) is 20.0. The van der Waals surface area contributed by atoms with Gasteiger partial charge in [0.15, 0.2) is 17.5 Å². The fourth-order valence-corrected chi connectivity index (χ4v) is 3.62. The van der Waals surface area contributed by atoms with E-state index < -0.39 is 0 Å². The van der Waals surface area contributed by atoms with Gasteiger partial charge in [-0.2, -0.15) is 0 Å². The molecule has 1 unspecified atom stereocenters. The number of aliphatic hydroxyl groups excluding tert-OH is 1. The van der Waals surface area contributed by atoms with Crippen LogP contribution in [0.3, 0.4) is 0 Å². The lowest BCUT2D eigenvalue weighted by molar-refractivity contribution is 0.253. The third kappa shape index (κ3) is 6.69. The Morgan fingerprint density at radius 1 is 1.18 bits per heavy atom. The van der Waals surface area contributed by atoms with Crippen LogP contribution in [0.1, 0.15) is 44.2 Å². The van der Waals surface area contributed by atoms with Crippen molar-refractivity contribution in [3.05, 3.63) is 23.3 Å². The van der Waals surface area contributed by atoms with Gasteiger partial charge in [-0.25, -0.2) is 0 Å². The maximum atomic E-state index is 9.29. The number of rotatable bonds is 9. The average molecular weight is 505 g/mol. The molecular weight excluding hydrogens is 469 g/mol. The van der Waals surface area contributed by atoms with Crippen molar-refractivity contribution >= 4 is 29.9 Å². The van der Waals surface area contributed by atoms with Crippen molar-refractivity contribution in [3.8, 4) is 11.5 Å². The van der Waals surface area contributed by atoms with E-state index in [1.165, 1.54) is 11.1 Å². The summed E-state index contributed by atoms with van der Waals surface area (Å²) in [4.78, 5) is 7.19. The van der Waals surface area contributed by atoms with Crippen LogP contribution in [0.4, 0.5) is 0 Å². The summed E-state index contributed by atoms with van der Waals surface area (Å²) < 4.78 is 10.9. The summed E-state index contributed by atoms with van der Waals surface area (Å²) in [5, 5.41) is 12.7. The first kappa shape index (κ1) is 24.8. The number of guanidine groups is 1. The molecule has 2 N–H and O–H groups in total. The Morgan fingerprint density at radius 2 is 1.86 bits per heavy atom. The summed E-state index contributed by atoms with van der Waals surface area (Å²) >= 11 is 0. The molecule has 0 spiro atoms. The lowest BCUT2D eigenvalue weighted by atomic mass is 9.99. The van der Waals surface area contributed by atoms with Crippen LogP contribution >= 0.6 is 24.0 Å². The minimum atomic E-state index is 0. The number of benzene rings is 1. The molecule has 0 saturated heterocycles. The number of fused-ring (bicyclic) bond motifs is 1. The van der Waals surface area contributed by atoms with Crippen molar-refractivity contribution in [2.45, 2.75) is 46.1 Å². The van der Waals surface area contributed by atoms with Crippen molar-refractivity contribution in [1.82, 2.24) is 10.2 Å². The van der Waals surface area contributed by atoms with Crippen molar-refractivity contribution in [2.75, 3.05) is 40.5 Å². The number of ether oxygens (including phenoxy) is 2. The highest BCUT2D eigenvalue weighted by atomic mass is 127. The number of nitrogens with zero attached hydrogens (tertiary/aromatic N) is 2. The molecule has 0 saturated carbocycles. The standard InChI is InChI=1S/C21H35N3O3.HI/c1-5-7-16(9-11-25)14-23-21(22-6-2)24-10-8-17-12-19(26-3)20(27-4)13-18(17)15-24;/h12-13,16,25H,5-11,14-15H2,1-4H3,(H,22,23);1H. The smallest absolute Gasteiger partial charge is 0.194 e. The molecule has 0 aliphatic carbocycles. The van der Waals surface area contributed by atoms with E-state index in [4.69, 9.17) is 14.5 Å². The van der Waals surface area contributed by atoms with Gasteiger partial charge in [0.2, 0.25) is 0 Å². The molecule has 1 atom stereocenters. The zero-order valence-electron chi connectivity index (χ0n) is 17.7. The second kappa shape index (κ2) is 13.1. The van der Waals surface area contributed by atoms with E-state index in [-0.39, 0.29) is 30.6 Å². The molecule has 6 nitrogen and oxygen atoms in total. The van der Waals surface area contributed by atoms with Gasteiger partial charge in [0.05, 0.1) is 14.2 Å². The van der Waals surface area contributed by atoms with E-state index in [1.807, 2.05) is 0 Å². The van der Waals surface area contributed by atoms with Gasteiger partial charge in [-0.05, 0) is 55.4 Å². The molecule has 1 aromatic rings. The highest BCUT2D eigenvalue weighted by Gasteiger charge is 2.22. The fraction of sp³-hybridized carbons (Fsp3) is 0.667. The van der Waals surface area contributed by atoms with Crippen molar-refractivity contribution < 1.29 is 14.6 Å². The summed E-state index contributed by atoms with van der Waals surface area (Å²) in [6, 6.07) is 4.17. The maximum absolute atomic E-state index is 9.29. The molecule has 0 aromatic heterocycles. The minimum absolute atomic E-state index is 0. The van der Waals surface area contributed by atoms with Crippen LogP contribution in [0.5, 0.6) is 11.5 Å². The molecule has 1 heterocycles. The second-order valence-corrected chi connectivity index (χ2v) is 7.01. The first-order chi connectivity index (χ1) is 13.2. The molecule has 160 valence electrons. The number of aliphatic hydroxyl groups is 1.